The number of nitro benzene ring substituents is 1. The summed E-state index contributed by atoms with van der Waals surface area (Å²) in [5, 5.41) is 19.9. The van der Waals surface area contributed by atoms with E-state index in [2.05, 4.69) is 0 Å². The quantitative estimate of drug-likeness (QED) is 0.688. The summed E-state index contributed by atoms with van der Waals surface area (Å²) >= 11 is 1.25. The average molecular weight is 279 g/mol. The Morgan fingerprint density at radius 3 is 2.68 bits per heavy atom. The second kappa shape index (κ2) is 5.81. The predicted octanol–water partition coefficient (Wildman–Crippen LogP) is 3.38. The lowest BCUT2D eigenvalue weighted by atomic mass is 10.2. The van der Waals surface area contributed by atoms with Crippen LogP contribution in [0, 0.1) is 15.9 Å². The Bertz CT molecular complexity index is 619. The smallest absolute Gasteiger partial charge is 0.269 e. The lowest BCUT2D eigenvalue weighted by molar-refractivity contribution is -0.385. The van der Waals surface area contributed by atoms with Gasteiger partial charge in [-0.2, -0.15) is 0 Å². The van der Waals surface area contributed by atoms with E-state index in [0.717, 1.165) is 0 Å². The molecule has 2 aromatic carbocycles. The van der Waals surface area contributed by atoms with Crippen LogP contribution in [0.25, 0.3) is 0 Å². The number of halogens is 1. The summed E-state index contributed by atoms with van der Waals surface area (Å²) in [5.74, 6) is -0.350. The van der Waals surface area contributed by atoms with Crippen molar-refractivity contribution < 1.29 is 14.4 Å². The van der Waals surface area contributed by atoms with E-state index >= 15 is 0 Å². The van der Waals surface area contributed by atoms with E-state index in [0.29, 0.717) is 15.4 Å². The zero-order valence-electron chi connectivity index (χ0n) is 9.75. The monoisotopic (exact) mass is 279 g/mol. The van der Waals surface area contributed by atoms with Gasteiger partial charge < -0.3 is 5.11 Å². The van der Waals surface area contributed by atoms with Crippen LogP contribution in [0.4, 0.5) is 10.1 Å². The number of non-ortho nitro benzene ring substituents is 1. The van der Waals surface area contributed by atoms with E-state index in [-0.39, 0.29) is 18.1 Å². The minimum absolute atomic E-state index is 0.0763. The molecule has 0 aromatic heterocycles. The lowest BCUT2D eigenvalue weighted by Gasteiger charge is -2.07. The first-order valence-corrected chi connectivity index (χ1v) is 6.23. The molecular formula is C13H10FNO3S. The second-order valence-corrected chi connectivity index (χ2v) is 4.88. The minimum Gasteiger partial charge on any atom is -0.392 e. The Morgan fingerprint density at radius 2 is 2.05 bits per heavy atom. The van der Waals surface area contributed by atoms with Gasteiger partial charge in [0.15, 0.2) is 0 Å². The highest BCUT2D eigenvalue weighted by molar-refractivity contribution is 7.99. The number of aliphatic hydroxyl groups excluding tert-OH is 1. The molecule has 0 heterocycles. The van der Waals surface area contributed by atoms with E-state index < -0.39 is 4.92 Å². The van der Waals surface area contributed by atoms with Crippen LogP contribution in [0.1, 0.15) is 5.56 Å². The average Bonchev–Trinajstić information content (AvgIpc) is 2.39. The van der Waals surface area contributed by atoms with Crippen molar-refractivity contribution in [3.8, 4) is 0 Å². The highest BCUT2D eigenvalue weighted by Crippen LogP contribution is 2.32. The normalized spacial score (nSPS) is 10.4. The molecule has 4 nitrogen and oxygen atoms in total. The van der Waals surface area contributed by atoms with Gasteiger partial charge in [0, 0.05) is 21.9 Å². The van der Waals surface area contributed by atoms with E-state index in [4.69, 9.17) is 0 Å². The fourth-order valence-corrected chi connectivity index (χ4v) is 2.52. The zero-order valence-corrected chi connectivity index (χ0v) is 10.6. The molecule has 0 unspecified atom stereocenters. The Kier molecular flexibility index (Phi) is 4.13. The van der Waals surface area contributed by atoms with Crippen LogP contribution in [0.15, 0.2) is 52.3 Å². The van der Waals surface area contributed by atoms with Gasteiger partial charge in [0.2, 0.25) is 0 Å². The number of hydrogen-bond donors (Lipinski definition) is 1. The van der Waals surface area contributed by atoms with E-state index in [1.165, 1.54) is 36.0 Å². The standard InChI is InChI=1S/C13H10FNO3S/c14-10-2-1-3-12(7-10)19-13-5-4-11(15(17)18)6-9(13)8-16/h1-7,16H,8H2. The van der Waals surface area contributed by atoms with Crippen LogP contribution in [-0.4, -0.2) is 10.0 Å². The number of benzene rings is 2. The maximum Gasteiger partial charge on any atom is 0.269 e. The fourth-order valence-electron chi connectivity index (χ4n) is 1.56. The lowest BCUT2D eigenvalue weighted by Crippen LogP contribution is -1.93. The van der Waals surface area contributed by atoms with Crippen LogP contribution in [0.5, 0.6) is 0 Å². The number of aliphatic hydroxyl groups is 1. The van der Waals surface area contributed by atoms with Crippen LogP contribution in [0.3, 0.4) is 0 Å². The fraction of sp³-hybridized carbons (Fsp3) is 0.0769. The Hall–Kier alpha value is -1.92. The SMILES string of the molecule is O=[N+]([O-])c1ccc(Sc2cccc(F)c2)c(CO)c1. The maximum absolute atomic E-state index is 13.1. The molecule has 6 heteroatoms. The van der Waals surface area contributed by atoms with Gasteiger partial charge in [-0.1, -0.05) is 17.8 Å². The second-order valence-electron chi connectivity index (χ2n) is 3.77. The first kappa shape index (κ1) is 13.5. The molecule has 0 amide bonds. The van der Waals surface area contributed by atoms with Crippen LogP contribution < -0.4 is 0 Å². The van der Waals surface area contributed by atoms with Crippen molar-refractivity contribution in [1.82, 2.24) is 0 Å². The molecule has 0 saturated carbocycles. The number of nitrogens with zero attached hydrogens (tertiary/aromatic N) is 1. The molecular weight excluding hydrogens is 269 g/mol. The molecule has 0 atom stereocenters. The third-order valence-electron chi connectivity index (χ3n) is 2.45. The van der Waals surface area contributed by atoms with E-state index in [1.54, 1.807) is 18.2 Å². The summed E-state index contributed by atoms with van der Waals surface area (Å²) in [6.45, 7) is -0.306. The summed E-state index contributed by atoms with van der Waals surface area (Å²) in [4.78, 5) is 11.5. The Labute approximate surface area is 113 Å². The van der Waals surface area contributed by atoms with Crippen molar-refractivity contribution in [3.05, 3.63) is 64.0 Å². The van der Waals surface area contributed by atoms with Crippen molar-refractivity contribution in [2.45, 2.75) is 16.4 Å². The first-order valence-electron chi connectivity index (χ1n) is 5.42. The van der Waals surface area contributed by atoms with Gasteiger partial charge in [-0.15, -0.1) is 0 Å². The zero-order chi connectivity index (χ0) is 13.8. The van der Waals surface area contributed by atoms with Gasteiger partial charge in [-0.05, 0) is 29.8 Å². The van der Waals surface area contributed by atoms with Gasteiger partial charge in [0.1, 0.15) is 5.82 Å². The molecule has 0 aliphatic rings. The largest absolute Gasteiger partial charge is 0.392 e. The third kappa shape index (κ3) is 3.30. The molecule has 0 aliphatic carbocycles. The van der Waals surface area contributed by atoms with Gasteiger partial charge in [0.25, 0.3) is 5.69 Å². The summed E-state index contributed by atoms with van der Waals surface area (Å²) < 4.78 is 13.1. The van der Waals surface area contributed by atoms with Crippen LogP contribution >= 0.6 is 11.8 Å². The summed E-state index contributed by atoms with van der Waals surface area (Å²) in [7, 11) is 0. The van der Waals surface area contributed by atoms with Crippen molar-refractivity contribution >= 4 is 17.4 Å². The van der Waals surface area contributed by atoms with Gasteiger partial charge in [-0.3, -0.25) is 10.1 Å². The van der Waals surface area contributed by atoms with Crippen LogP contribution in [-0.2, 0) is 6.61 Å². The third-order valence-corrected chi connectivity index (χ3v) is 3.56. The molecule has 0 radical (unpaired) electrons. The molecule has 0 spiro atoms. The highest BCUT2D eigenvalue weighted by atomic mass is 32.2. The molecule has 0 saturated heterocycles. The summed E-state index contributed by atoms with van der Waals surface area (Å²) in [6, 6.07) is 10.3. The molecule has 0 fully saturated rings. The number of rotatable bonds is 4. The molecule has 0 bridgehead atoms. The molecule has 1 N–H and O–H groups in total. The van der Waals surface area contributed by atoms with Gasteiger partial charge in [-0.25, -0.2) is 4.39 Å². The molecule has 2 rings (SSSR count). The van der Waals surface area contributed by atoms with Crippen molar-refractivity contribution in [1.29, 1.82) is 0 Å². The predicted molar refractivity (Wildman–Crippen MR) is 69.5 cm³/mol. The molecule has 2 aromatic rings. The first-order chi connectivity index (χ1) is 9.10. The van der Waals surface area contributed by atoms with Crippen LogP contribution in [0.2, 0.25) is 0 Å². The van der Waals surface area contributed by atoms with Crippen molar-refractivity contribution in [3.63, 3.8) is 0 Å². The summed E-state index contributed by atoms with van der Waals surface area (Å²) in [5.41, 5.74) is 0.371. The van der Waals surface area contributed by atoms with Crippen molar-refractivity contribution in [2.24, 2.45) is 0 Å². The topological polar surface area (TPSA) is 63.4 Å². The molecule has 19 heavy (non-hydrogen) atoms. The number of nitro groups is 1. The maximum atomic E-state index is 13.1. The Balaban J connectivity index is 2.32. The minimum atomic E-state index is -0.518. The van der Waals surface area contributed by atoms with E-state index in [9.17, 15) is 19.6 Å². The summed E-state index contributed by atoms with van der Waals surface area (Å²) in [6.07, 6.45) is 0. The number of hydrogen-bond acceptors (Lipinski definition) is 4. The molecule has 98 valence electrons. The van der Waals surface area contributed by atoms with Gasteiger partial charge >= 0.3 is 0 Å². The highest BCUT2D eigenvalue weighted by Gasteiger charge is 2.11. The van der Waals surface area contributed by atoms with Gasteiger partial charge in [0.05, 0.1) is 11.5 Å². The van der Waals surface area contributed by atoms with Crippen molar-refractivity contribution in [2.75, 3.05) is 0 Å². The molecule has 0 aliphatic heterocycles. The van der Waals surface area contributed by atoms with E-state index in [1.807, 2.05) is 0 Å². The Morgan fingerprint density at radius 1 is 1.26 bits per heavy atom.